The number of fused-ring (bicyclic) bond motifs is 1. The molecule has 0 fully saturated rings. The van der Waals surface area contributed by atoms with Crippen LogP contribution in [0.15, 0.2) is 156 Å². The summed E-state index contributed by atoms with van der Waals surface area (Å²) in [5, 5.41) is 2.61. The van der Waals surface area contributed by atoms with Gasteiger partial charge in [0.2, 0.25) is 10.0 Å². The number of benzene rings is 5. The molecule has 0 amide bonds. The summed E-state index contributed by atoms with van der Waals surface area (Å²) >= 11 is 0. The van der Waals surface area contributed by atoms with E-state index in [-0.39, 0.29) is 0 Å². The molecule has 406 valence electrons. The lowest BCUT2D eigenvalue weighted by Gasteiger charge is -2.17. The Morgan fingerprint density at radius 2 is 0.771 bits per heavy atom. The van der Waals surface area contributed by atoms with E-state index in [9.17, 15) is 8.42 Å². The Hall–Kier alpha value is -4.65. The van der Waals surface area contributed by atoms with Gasteiger partial charge in [-0.25, -0.2) is 12.7 Å². The van der Waals surface area contributed by atoms with E-state index in [2.05, 4.69) is 152 Å². The van der Waals surface area contributed by atoms with E-state index in [0.717, 1.165) is 0 Å². The highest BCUT2D eigenvalue weighted by atomic mass is 32.2. The van der Waals surface area contributed by atoms with Gasteiger partial charge < -0.3 is 9.80 Å². The largest absolute Gasteiger partial charge is 0.381 e. The Balaban J connectivity index is -0.0000000875. The molecule has 5 aromatic rings. The molecule has 1 aliphatic carbocycles. The monoisotopic (exact) mass is 992 g/mol. The highest BCUT2D eigenvalue weighted by Crippen LogP contribution is 2.24. The Morgan fingerprint density at radius 3 is 1.07 bits per heavy atom. The van der Waals surface area contributed by atoms with Gasteiger partial charge in [0.15, 0.2) is 0 Å². The SMILES string of the molecule is CC.CC.CC.CC.CC.CC.CC.CC.CC.CCC.CN(C)C1=CC=CCC1.CN(C)S(=O)(=O)c1ccccc1.CN(C)c1cccc2ccccc12.Cc1cc(C)cc(C)c1.c1ccccc1. The van der Waals surface area contributed by atoms with Crippen LogP contribution < -0.4 is 4.90 Å². The average Bonchev–Trinajstić information content (AvgIpc) is 3.43. The molecule has 0 saturated heterocycles. The van der Waals surface area contributed by atoms with Gasteiger partial charge in [-0.15, -0.1) is 0 Å². The molecule has 0 heterocycles. The van der Waals surface area contributed by atoms with Gasteiger partial charge in [-0.3, -0.25) is 0 Å². The molecule has 5 aromatic carbocycles. The van der Waals surface area contributed by atoms with Crippen LogP contribution in [0.25, 0.3) is 10.8 Å². The lowest BCUT2D eigenvalue weighted by atomic mass is 10.1. The van der Waals surface area contributed by atoms with E-state index in [1.165, 1.54) is 76.5 Å². The second kappa shape index (κ2) is 68.6. The standard InChI is InChI=1S/C12H13N.C9H12.C8H11NO2S.C8H13N.C6H6.C3H8.9C2H6/c1-13(2)12-9-5-7-10-6-3-4-8-11(10)12;1-7-4-8(2)6-9(3)5-7;1-9(2)12(10,11)8-6-4-3-5-7-8;1-9(2)8-6-4-3-5-7-8;1-2-4-6-5-3-1;1-3-2;9*1-2/h3-9H,1-2H3;4-6H,1-3H3;3-7H,1-2H3;3-4,6H,5,7H2,1-2H3;1-6H;3H2,1-2H3;9*1-2H3. The van der Waals surface area contributed by atoms with Crippen molar-refractivity contribution in [2.45, 2.75) is 183 Å². The van der Waals surface area contributed by atoms with Crippen LogP contribution in [0.2, 0.25) is 0 Å². The van der Waals surface area contributed by atoms with Crippen molar-refractivity contribution in [3.05, 3.63) is 168 Å². The Bertz CT molecular complexity index is 1770. The van der Waals surface area contributed by atoms with Gasteiger partial charge in [-0.05, 0) is 63.3 Å². The number of rotatable bonds is 4. The van der Waals surface area contributed by atoms with Crippen LogP contribution in [0.4, 0.5) is 5.69 Å². The van der Waals surface area contributed by atoms with E-state index in [1.807, 2.05) is 161 Å². The van der Waals surface area contributed by atoms with Crippen molar-refractivity contribution in [1.29, 1.82) is 0 Å². The van der Waals surface area contributed by atoms with Gasteiger partial charge in [-0.1, -0.05) is 283 Å². The fraction of sp³-hybridized carbons (Fsp3) is 0.500. The second-order valence-electron chi connectivity index (χ2n) is 13.0. The molecule has 6 heteroatoms. The van der Waals surface area contributed by atoms with Crippen LogP contribution in [0.1, 0.15) is 174 Å². The van der Waals surface area contributed by atoms with Gasteiger partial charge in [0.25, 0.3) is 0 Å². The first-order valence-corrected chi connectivity index (χ1v) is 28.4. The van der Waals surface area contributed by atoms with Crippen molar-refractivity contribution in [2.24, 2.45) is 0 Å². The quantitative estimate of drug-likeness (QED) is 0.180. The maximum atomic E-state index is 11.5. The summed E-state index contributed by atoms with van der Waals surface area (Å²) in [6.45, 7) is 46.6. The summed E-state index contributed by atoms with van der Waals surface area (Å²) in [6.07, 6.45) is 10.1. The molecule has 0 spiro atoms. The molecule has 0 aromatic heterocycles. The van der Waals surface area contributed by atoms with Crippen LogP contribution in [0.5, 0.6) is 0 Å². The van der Waals surface area contributed by atoms with E-state index >= 15 is 0 Å². The molecule has 70 heavy (non-hydrogen) atoms. The van der Waals surface area contributed by atoms with Crippen LogP contribution in [-0.2, 0) is 10.0 Å². The summed E-state index contributed by atoms with van der Waals surface area (Å²) in [5.41, 5.74) is 6.77. The zero-order valence-electron chi connectivity index (χ0n) is 51.5. The van der Waals surface area contributed by atoms with Crippen molar-refractivity contribution >= 4 is 26.5 Å². The van der Waals surface area contributed by atoms with E-state index in [4.69, 9.17) is 0 Å². The first-order chi connectivity index (χ1) is 33.7. The molecule has 5 nitrogen and oxygen atoms in total. The topological polar surface area (TPSA) is 43.9 Å². The summed E-state index contributed by atoms with van der Waals surface area (Å²) in [4.78, 5) is 4.64. The number of nitrogens with zero attached hydrogens (tertiary/aromatic N) is 3. The first-order valence-electron chi connectivity index (χ1n) is 26.9. The number of anilines is 1. The molecule has 0 radical (unpaired) electrons. The molecule has 6 rings (SSSR count). The van der Waals surface area contributed by atoms with Crippen molar-refractivity contribution in [2.75, 3.05) is 47.2 Å². The van der Waals surface area contributed by atoms with Crippen molar-refractivity contribution in [3.8, 4) is 0 Å². The Labute approximate surface area is 440 Å². The van der Waals surface area contributed by atoms with E-state index in [0.29, 0.717) is 4.90 Å². The molecular weight excluding hydrogens is 875 g/mol. The molecule has 1 aliphatic rings. The van der Waals surface area contributed by atoms with Gasteiger partial charge >= 0.3 is 0 Å². The van der Waals surface area contributed by atoms with Crippen molar-refractivity contribution in [1.82, 2.24) is 9.21 Å². The number of allylic oxidation sites excluding steroid dienone is 4. The smallest absolute Gasteiger partial charge is 0.242 e. The molecule has 0 unspecified atom stereocenters. The lowest BCUT2D eigenvalue weighted by molar-refractivity contribution is 0.486. The van der Waals surface area contributed by atoms with Crippen LogP contribution >= 0.6 is 0 Å². The molecular formula is C64H117N3O2S. The summed E-state index contributed by atoms with van der Waals surface area (Å²) in [6, 6.07) is 41.7. The van der Waals surface area contributed by atoms with Gasteiger partial charge in [0.1, 0.15) is 0 Å². The molecule has 0 bridgehead atoms. The molecule has 0 N–H and O–H groups in total. The summed E-state index contributed by atoms with van der Waals surface area (Å²) < 4.78 is 24.1. The zero-order valence-corrected chi connectivity index (χ0v) is 52.4. The summed E-state index contributed by atoms with van der Waals surface area (Å²) in [5.74, 6) is 0. The normalized spacial score (nSPS) is 9.14. The lowest BCUT2D eigenvalue weighted by Crippen LogP contribution is -2.21. The third kappa shape index (κ3) is 49.8. The average molecular weight is 993 g/mol. The fourth-order valence-corrected chi connectivity index (χ4v) is 5.87. The third-order valence-corrected chi connectivity index (χ3v) is 9.20. The highest BCUT2D eigenvalue weighted by molar-refractivity contribution is 7.89. The van der Waals surface area contributed by atoms with Gasteiger partial charge in [0.05, 0.1) is 4.90 Å². The van der Waals surface area contributed by atoms with Crippen molar-refractivity contribution in [3.63, 3.8) is 0 Å². The van der Waals surface area contributed by atoms with Gasteiger partial charge in [0, 0.05) is 59.1 Å². The zero-order chi connectivity index (χ0) is 56.9. The first kappa shape index (κ1) is 85.2. The molecule has 0 saturated carbocycles. The van der Waals surface area contributed by atoms with Gasteiger partial charge in [-0.2, -0.15) is 0 Å². The predicted molar refractivity (Wildman–Crippen MR) is 331 cm³/mol. The minimum Gasteiger partial charge on any atom is -0.381 e. The van der Waals surface area contributed by atoms with Crippen LogP contribution in [0, 0.1) is 20.8 Å². The highest BCUT2D eigenvalue weighted by Gasteiger charge is 2.15. The predicted octanol–water partition coefficient (Wildman–Crippen LogP) is 20.6. The van der Waals surface area contributed by atoms with Crippen molar-refractivity contribution < 1.29 is 8.42 Å². The number of sulfonamides is 1. The Kier molecular flexibility index (Phi) is 83.5. The number of aryl methyl sites for hydroxylation is 3. The van der Waals surface area contributed by atoms with Crippen LogP contribution in [-0.4, -0.2) is 59.9 Å². The minimum atomic E-state index is -3.24. The number of hydrogen-bond donors (Lipinski definition) is 0. The number of hydrogen-bond acceptors (Lipinski definition) is 4. The third-order valence-electron chi connectivity index (χ3n) is 7.37. The second-order valence-corrected chi connectivity index (χ2v) is 15.2. The maximum absolute atomic E-state index is 11.5. The molecule has 0 atom stereocenters. The van der Waals surface area contributed by atoms with E-state index in [1.54, 1.807) is 30.3 Å². The van der Waals surface area contributed by atoms with E-state index < -0.39 is 10.0 Å². The Morgan fingerprint density at radius 1 is 0.443 bits per heavy atom. The maximum Gasteiger partial charge on any atom is 0.242 e. The molecule has 0 aliphatic heterocycles. The minimum absolute atomic E-state index is 0.329. The van der Waals surface area contributed by atoms with Crippen LogP contribution in [0.3, 0.4) is 0 Å². The fourth-order valence-electron chi connectivity index (χ4n) is 4.95. The summed E-state index contributed by atoms with van der Waals surface area (Å²) in [7, 11) is 8.11.